The van der Waals surface area contributed by atoms with Gasteiger partial charge in [-0.3, -0.25) is 14.9 Å². The van der Waals surface area contributed by atoms with Gasteiger partial charge in [0.2, 0.25) is 0 Å². The highest BCUT2D eigenvalue weighted by atomic mass is 79.9. The van der Waals surface area contributed by atoms with Gasteiger partial charge >= 0.3 is 0 Å². The number of anilines is 1. The molecule has 3 aromatic carbocycles. The molecule has 36 heavy (non-hydrogen) atoms. The summed E-state index contributed by atoms with van der Waals surface area (Å²) in [7, 11) is 1.54. The van der Waals surface area contributed by atoms with Crippen molar-refractivity contribution in [3.05, 3.63) is 98.2 Å². The number of nitro groups is 1. The minimum Gasteiger partial charge on any atom is -0.497 e. The zero-order valence-electron chi connectivity index (χ0n) is 18.7. The predicted molar refractivity (Wildman–Crippen MR) is 136 cm³/mol. The number of aromatic nitrogens is 2. The number of benzene rings is 3. The van der Waals surface area contributed by atoms with E-state index in [2.05, 4.69) is 26.3 Å². The number of nitro benzene ring substituents is 1. The van der Waals surface area contributed by atoms with Crippen molar-refractivity contribution in [1.82, 2.24) is 9.78 Å². The Morgan fingerprint density at radius 2 is 1.83 bits per heavy atom. The average Bonchev–Trinajstić information content (AvgIpc) is 3.33. The van der Waals surface area contributed by atoms with Crippen molar-refractivity contribution >= 4 is 44.8 Å². The van der Waals surface area contributed by atoms with E-state index in [4.69, 9.17) is 25.8 Å². The van der Waals surface area contributed by atoms with E-state index in [1.807, 2.05) is 0 Å². The number of nitrogens with one attached hydrogen (secondary N) is 1. The molecule has 0 atom stereocenters. The number of hydrogen-bond acceptors (Lipinski definition) is 7. The van der Waals surface area contributed by atoms with Crippen LogP contribution in [-0.4, -0.2) is 27.7 Å². The van der Waals surface area contributed by atoms with Crippen LogP contribution in [0.1, 0.15) is 10.5 Å². The van der Waals surface area contributed by atoms with Gasteiger partial charge in [-0.05, 0) is 48.5 Å². The molecule has 0 saturated carbocycles. The lowest BCUT2D eigenvalue weighted by atomic mass is 10.2. The maximum absolute atomic E-state index is 12.7. The molecule has 10 nitrogen and oxygen atoms in total. The molecule has 4 aromatic rings. The molecule has 0 bridgehead atoms. The van der Waals surface area contributed by atoms with Crippen molar-refractivity contribution in [3.8, 4) is 23.0 Å². The number of amides is 1. The van der Waals surface area contributed by atoms with Crippen LogP contribution in [0, 0.1) is 10.1 Å². The van der Waals surface area contributed by atoms with Crippen LogP contribution in [0.5, 0.6) is 23.0 Å². The van der Waals surface area contributed by atoms with Gasteiger partial charge in [-0.1, -0.05) is 27.5 Å². The lowest BCUT2D eigenvalue weighted by molar-refractivity contribution is -0.384. The Hall–Kier alpha value is -4.09. The normalized spacial score (nSPS) is 10.5. The number of non-ortho nitro benzene ring substituents is 1. The molecule has 0 aliphatic heterocycles. The van der Waals surface area contributed by atoms with E-state index < -0.39 is 10.8 Å². The van der Waals surface area contributed by atoms with E-state index in [1.165, 1.54) is 28.9 Å². The highest BCUT2D eigenvalue weighted by molar-refractivity contribution is 9.10. The fourth-order valence-electron chi connectivity index (χ4n) is 3.08. The van der Waals surface area contributed by atoms with E-state index in [9.17, 15) is 14.9 Å². The van der Waals surface area contributed by atoms with Gasteiger partial charge < -0.3 is 19.5 Å². The van der Waals surface area contributed by atoms with Gasteiger partial charge in [0, 0.05) is 22.8 Å². The maximum Gasteiger partial charge on any atom is 0.276 e. The quantitative estimate of drug-likeness (QED) is 0.184. The van der Waals surface area contributed by atoms with Crippen molar-refractivity contribution in [2.24, 2.45) is 0 Å². The van der Waals surface area contributed by atoms with Gasteiger partial charge in [0.05, 0.1) is 28.8 Å². The lowest BCUT2D eigenvalue weighted by Crippen LogP contribution is -2.14. The molecule has 1 heterocycles. The molecule has 0 spiro atoms. The summed E-state index contributed by atoms with van der Waals surface area (Å²) in [6.45, 7) is 0.0191. The summed E-state index contributed by atoms with van der Waals surface area (Å²) >= 11 is 9.47. The summed E-state index contributed by atoms with van der Waals surface area (Å²) in [4.78, 5) is 23.6. The fourth-order valence-corrected chi connectivity index (χ4v) is 3.81. The third kappa shape index (κ3) is 6.32. The standard InChI is InChI=1S/C24H18BrClN4O6/c1-34-18-3-5-19(6-4-18)36-20-12-16(11-17(13-20)30(32)33)27-24(31)22-8-9-29(28-22)14-35-23-7-2-15(25)10-21(23)26/h2-13H,14H2,1H3,(H,27,31). The van der Waals surface area contributed by atoms with Crippen LogP contribution in [0.2, 0.25) is 5.02 Å². The van der Waals surface area contributed by atoms with E-state index in [-0.39, 0.29) is 29.5 Å². The van der Waals surface area contributed by atoms with Crippen LogP contribution in [0.25, 0.3) is 0 Å². The minimum atomic E-state index is -0.574. The van der Waals surface area contributed by atoms with Crippen molar-refractivity contribution in [2.45, 2.75) is 6.73 Å². The third-order valence-corrected chi connectivity index (χ3v) is 5.56. The Kier molecular flexibility index (Phi) is 7.71. The zero-order valence-corrected chi connectivity index (χ0v) is 21.0. The van der Waals surface area contributed by atoms with E-state index >= 15 is 0 Å². The molecule has 0 saturated heterocycles. The number of methoxy groups -OCH3 is 1. The van der Waals surface area contributed by atoms with Gasteiger partial charge in [-0.25, -0.2) is 4.68 Å². The molecule has 4 rings (SSSR count). The van der Waals surface area contributed by atoms with Crippen molar-refractivity contribution in [1.29, 1.82) is 0 Å². The van der Waals surface area contributed by atoms with E-state index in [1.54, 1.807) is 55.8 Å². The van der Waals surface area contributed by atoms with Gasteiger partial charge in [0.1, 0.15) is 23.0 Å². The van der Waals surface area contributed by atoms with Crippen LogP contribution in [0.15, 0.2) is 77.4 Å². The summed E-state index contributed by atoms with van der Waals surface area (Å²) in [5.74, 6) is 1.15. The van der Waals surface area contributed by atoms with Crippen molar-refractivity contribution in [2.75, 3.05) is 12.4 Å². The Balaban J connectivity index is 1.45. The van der Waals surface area contributed by atoms with Crippen molar-refractivity contribution in [3.63, 3.8) is 0 Å². The Bertz CT molecular complexity index is 1410. The summed E-state index contributed by atoms with van der Waals surface area (Å²) in [5, 5.41) is 18.6. The summed E-state index contributed by atoms with van der Waals surface area (Å²) < 4.78 is 18.7. The van der Waals surface area contributed by atoms with Gasteiger partial charge in [-0.15, -0.1) is 0 Å². The van der Waals surface area contributed by atoms with Crippen LogP contribution < -0.4 is 19.5 Å². The number of halogens is 2. The molecule has 0 radical (unpaired) electrons. The molecule has 184 valence electrons. The number of nitrogens with zero attached hydrogens (tertiary/aromatic N) is 3. The molecule has 0 aliphatic rings. The van der Waals surface area contributed by atoms with Gasteiger partial charge in [0.15, 0.2) is 12.4 Å². The predicted octanol–water partition coefficient (Wildman–Crippen LogP) is 6.30. The summed E-state index contributed by atoms with van der Waals surface area (Å²) in [6, 6.07) is 17.4. The fraction of sp³-hybridized carbons (Fsp3) is 0.0833. The zero-order chi connectivity index (χ0) is 25.7. The van der Waals surface area contributed by atoms with Crippen LogP contribution in [-0.2, 0) is 6.73 Å². The first-order chi connectivity index (χ1) is 17.3. The molecule has 1 amide bonds. The Morgan fingerprint density at radius 3 is 2.53 bits per heavy atom. The second-order valence-electron chi connectivity index (χ2n) is 7.29. The van der Waals surface area contributed by atoms with Crippen LogP contribution >= 0.6 is 27.5 Å². The Labute approximate surface area is 218 Å². The monoisotopic (exact) mass is 572 g/mol. The molecule has 0 aliphatic carbocycles. The van der Waals surface area contributed by atoms with Gasteiger partial charge in [0.25, 0.3) is 11.6 Å². The molecule has 12 heteroatoms. The molecule has 0 fully saturated rings. The number of ether oxygens (including phenoxy) is 3. The number of carbonyl (C=O) groups is 1. The summed E-state index contributed by atoms with van der Waals surface area (Å²) in [6.07, 6.45) is 1.56. The topological polar surface area (TPSA) is 118 Å². The number of hydrogen-bond donors (Lipinski definition) is 1. The highest BCUT2D eigenvalue weighted by Gasteiger charge is 2.16. The molecular weight excluding hydrogens is 556 g/mol. The maximum atomic E-state index is 12.7. The van der Waals surface area contributed by atoms with Crippen LogP contribution in [0.3, 0.4) is 0 Å². The lowest BCUT2D eigenvalue weighted by Gasteiger charge is -2.10. The second-order valence-corrected chi connectivity index (χ2v) is 8.62. The highest BCUT2D eigenvalue weighted by Crippen LogP contribution is 2.31. The second kappa shape index (κ2) is 11.1. The largest absolute Gasteiger partial charge is 0.497 e. The SMILES string of the molecule is COc1ccc(Oc2cc(NC(=O)c3ccn(COc4ccc(Br)cc4Cl)n3)cc([N+](=O)[O-])c2)cc1. The number of carbonyl (C=O) groups excluding carboxylic acids is 1. The van der Waals surface area contributed by atoms with Gasteiger partial charge in [-0.2, -0.15) is 5.10 Å². The summed E-state index contributed by atoms with van der Waals surface area (Å²) in [5.41, 5.74) is 0.0106. The molecule has 1 aromatic heterocycles. The van der Waals surface area contributed by atoms with Crippen molar-refractivity contribution < 1.29 is 23.9 Å². The number of rotatable bonds is 9. The van der Waals surface area contributed by atoms with E-state index in [0.29, 0.717) is 22.3 Å². The van der Waals surface area contributed by atoms with Crippen LogP contribution in [0.4, 0.5) is 11.4 Å². The Morgan fingerprint density at radius 1 is 1.08 bits per heavy atom. The first kappa shape index (κ1) is 25.0. The van der Waals surface area contributed by atoms with E-state index in [0.717, 1.165) is 4.47 Å². The first-order valence-corrected chi connectivity index (χ1v) is 11.5. The smallest absolute Gasteiger partial charge is 0.276 e. The average molecular weight is 574 g/mol. The molecule has 1 N–H and O–H groups in total. The molecular formula is C24H18BrClN4O6. The third-order valence-electron chi connectivity index (χ3n) is 4.77. The first-order valence-electron chi connectivity index (χ1n) is 10.3. The molecule has 0 unspecified atom stereocenters. The minimum absolute atomic E-state index is 0.0191.